The standard InChI is InChI=1S/C19H22N2O3/c1-4-21(19(22)11-9-16-7-5-6-12-20-16)14-15-8-10-17(23-2)18(13-15)24-3/h5-13H,4,14H2,1-3H3. The molecule has 1 aromatic carbocycles. The highest BCUT2D eigenvalue weighted by Crippen LogP contribution is 2.28. The smallest absolute Gasteiger partial charge is 0.246 e. The molecule has 0 aliphatic carbocycles. The molecule has 0 aliphatic heterocycles. The molecule has 1 amide bonds. The molecule has 0 unspecified atom stereocenters. The zero-order valence-electron chi connectivity index (χ0n) is 14.2. The van der Waals surface area contributed by atoms with E-state index in [2.05, 4.69) is 4.98 Å². The van der Waals surface area contributed by atoms with Crippen molar-refractivity contribution in [2.45, 2.75) is 13.5 Å². The lowest BCUT2D eigenvalue weighted by molar-refractivity contribution is -0.126. The molecule has 0 saturated carbocycles. The number of likely N-dealkylation sites (N-methyl/N-ethyl adjacent to an activating group) is 1. The van der Waals surface area contributed by atoms with Crippen LogP contribution in [0.3, 0.4) is 0 Å². The lowest BCUT2D eigenvalue weighted by atomic mass is 10.2. The lowest BCUT2D eigenvalue weighted by Crippen LogP contribution is -2.28. The van der Waals surface area contributed by atoms with E-state index in [-0.39, 0.29) is 5.91 Å². The van der Waals surface area contributed by atoms with Gasteiger partial charge in [-0.05, 0) is 42.8 Å². The molecule has 126 valence electrons. The zero-order valence-corrected chi connectivity index (χ0v) is 14.2. The maximum atomic E-state index is 12.4. The molecule has 1 heterocycles. The molecule has 2 rings (SSSR count). The number of benzene rings is 1. The van der Waals surface area contributed by atoms with Crippen LogP contribution in [-0.2, 0) is 11.3 Å². The summed E-state index contributed by atoms with van der Waals surface area (Å²) in [6.07, 6.45) is 4.97. The van der Waals surface area contributed by atoms with Gasteiger partial charge in [0.1, 0.15) is 0 Å². The first kappa shape index (κ1) is 17.5. The van der Waals surface area contributed by atoms with E-state index < -0.39 is 0 Å². The van der Waals surface area contributed by atoms with Crippen molar-refractivity contribution in [3.8, 4) is 11.5 Å². The second-order valence-corrected chi connectivity index (χ2v) is 5.13. The van der Waals surface area contributed by atoms with E-state index in [9.17, 15) is 4.79 Å². The van der Waals surface area contributed by atoms with Crippen LogP contribution in [-0.4, -0.2) is 36.6 Å². The van der Waals surface area contributed by atoms with E-state index in [0.29, 0.717) is 24.6 Å². The molecular formula is C19H22N2O3. The van der Waals surface area contributed by atoms with Crippen molar-refractivity contribution in [3.63, 3.8) is 0 Å². The maximum Gasteiger partial charge on any atom is 0.246 e. The average molecular weight is 326 g/mol. The highest BCUT2D eigenvalue weighted by atomic mass is 16.5. The first-order valence-electron chi connectivity index (χ1n) is 7.76. The van der Waals surface area contributed by atoms with Crippen LogP contribution < -0.4 is 9.47 Å². The van der Waals surface area contributed by atoms with Gasteiger partial charge in [-0.25, -0.2) is 0 Å². The van der Waals surface area contributed by atoms with E-state index in [0.717, 1.165) is 11.3 Å². The molecule has 1 aromatic heterocycles. The summed E-state index contributed by atoms with van der Waals surface area (Å²) >= 11 is 0. The van der Waals surface area contributed by atoms with Gasteiger partial charge in [-0.3, -0.25) is 9.78 Å². The van der Waals surface area contributed by atoms with E-state index in [1.165, 1.54) is 0 Å². The molecule has 0 fully saturated rings. The topological polar surface area (TPSA) is 51.7 Å². The third kappa shape index (κ3) is 4.59. The van der Waals surface area contributed by atoms with Gasteiger partial charge in [0.2, 0.25) is 5.91 Å². The molecule has 2 aromatic rings. The minimum absolute atomic E-state index is 0.0575. The molecule has 0 radical (unpaired) electrons. The van der Waals surface area contributed by atoms with Crippen LogP contribution in [0, 0.1) is 0 Å². The van der Waals surface area contributed by atoms with Gasteiger partial charge in [-0.2, -0.15) is 0 Å². The molecule has 5 heteroatoms. The Morgan fingerprint density at radius 3 is 2.58 bits per heavy atom. The number of pyridine rings is 1. The van der Waals surface area contributed by atoms with Gasteiger partial charge in [0.05, 0.1) is 19.9 Å². The van der Waals surface area contributed by atoms with Crippen LogP contribution >= 0.6 is 0 Å². The van der Waals surface area contributed by atoms with Crippen LogP contribution in [0.15, 0.2) is 48.7 Å². The summed E-state index contributed by atoms with van der Waals surface area (Å²) in [6.45, 7) is 3.06. The Kier molecular flexibility index (Phi) is 6.37. The van der Waals surface area contributed by atoms with E-state index in [4.69, 9.17) is 9.47 Å². The zero-order chi connectivity index (χ0) is 17.4. The van der Waals surface area contributed by atoms with Gasteiger partial charge in [0, 0.05) is 25.4 Å². The lowest BCUT2D eigenvalue weighted by Gasteiger charge is -2.20. The molecular weight excluding hydrogens is 304 g/mol. The number of nitrogens with zero attached hydrogens (tertiary/aromatic N) is 2. The summed E-state index contributed by atoms with van der Waals surface area (Å²) in [7, 11) is 3.20. The molecule has 0 N–H and O–H groups in total. The number of methoxy groups -OCH3 is 2. The third-order valence-electron chi connectivity index (χ3n) is 3.60. The fourth-order valence-electron chi connectivity index (χ4n) is 2.28. The van der Waals surface area contributed by atoms with Gasteiger partial charge in [-0.15, -0.1) is 0 Å². The average Bonchev–Trinajstić information content (AvgIpc) is 2.64. The monoisotopic (exact) mass is 326 g/mol. The largest absolute Gasteiger partial charge is 0.493 e. The fraction of sp³-hybridized carbons (Fsp3) is 0.263. The predicted molar refractivity (Wildman–Crippen MR) is 93.9 cm³/mol. The molecule has 0 aliphatic rings. The molecule has 0 spiro atoms. The molecule has 0 saturated heterocycles. The van der Waals surface area contributed by atoms with Gasteiger partial charge >= 0.3 is 0 Å². The Hall–Kier alpha value is -2.82. The SMILES string of the molecule is CCN(Cc1ccc(OC)c(OC)c1)C(=O)C=Cc1ccccn1. The van der Waals surface area contributed by atoms with E-state index >= 15 is 0 Å². The van der Waals surface area contributed by atoms with Crippen molar-refractivity contribution in [2.75, 3.05) is 20.8 Å². The summed E-state index contributed by atoms with van der Waals surface area (Å²) < 4.78 is 10.5. The Labute approximate surface area is 142 Å². The van der Waals surface area contributed by atoms with E-state index in [1.54, 1.807) is 37.5 Å². The normalized spacial score (nSPS) is 10.6. The minimum Gasteiger partial charge on any atom is -0.493 e. The van der Waals surface area contributed by atoms with Crippen molar-refractivity contribution >= 4 is 12.0 Å². The number of rotatable bonds is 7. The molecule has 24 heavy (non-hydrogen) atoms. The van der Waals surface area contributed by atoms with Crippen LogP contribution in [0.1, 0.15) is 18.2 Å². The Morgan fingerprint density at radius 1 is 1.17 bits per heavy atom. The number of hydrogen-bond donors (Lipinski definition) is 0. The quantitative estimate of drug-likeness (QED) is 0.734. The highest BCUT2D eigenvalue weighted by molar-refractivity contribution is 5.91. The second-order valence-electron chi connectivity index (χ2n) is 5.13. The van der Waals surface area contributed by atoms with Crippen molar-refractivity contribution in [1.29, 1.82) is 0 Å². The number of amides is 1. The van der Waals surface area contributed by atoms with Gasteiger partial charge in [-0.1, -0.05) is 12.1 Å². The second kappa shape index (κ2) is 8.72. The Morgan fingerprint density at radius 2 is 1.96 bits per heavy atom. The van der Waals surface area contributed by atoms with Crippen molar-refractivity contribution in [1.82, 2.24) is 9.88 Å². The van der Waals surface area contributed by atoms with Crippen LogP contribution in [0.5, 0.6) is 11.5 Å². The van der Waals surface area contributed by atoms with Crippen molar-refractivity contribution < 1.29 is 14.3 Å². The molecule has 0 atom stereocenters. The third-order valence-corrected chi connectivity index (χ3v) is 3.60. The summed E-state index contributed by atoms with van der Waals surface area (Å²) in [5.74, 6) is 1.27. The number of aromatic nitrogens is 1. The number of ether oxygens (including phenoxy) is 2. The predicted octanol–water partition coefficient (Wildman–Crippen LogP) is 3.16. The Balaban J connectivity index is 2.08. The Bertz CT molecular complexity index is 699. The molecule has 0 bridgehead atoms. The van der Waals surface area contributed by atoms with Crippen molar-refractivity contribution in [3.05, 3.63) is 59.9 Å². The first-order valence-corrected chi connectivity index (χ1v) is 7.76. The summed E-state index contributed by atoms with van der Waals surface area (Å²) in [5, 5.41) is 0. The molecule has 5 nitrogen and oxygen atoms in total. The minimum atomic E-state index is -0.0575. The maximum absolute atomic E-state index is 12.4. The number of hydrogen-bond acceptors (Lipinski definition) is 4. The number of carbonyl (C=O) groups excluding carboxylic acids is 1. The summed E-state index contributed by atoms with van der Waals surface area (Å²) in [4.78, 5) is 18.3. The van der Waals surface area contributed by atoms with Crippen LogP contribution in [0.25, 0.3) is 6.08 Å². The fourth-order valence-corrected chi connectivity index (χ4v) is 2.28. The van der Waals surface area contributed by atoms with Gasteiger partial charge < -0.3 is 14.4 Å². The summed E-state index contributed by atoms with van der Waals surface area (Å²) in [6, 6.07) is 11.2. The van der Waals surface area contributed by atoms with E-state index in [1.807, 2.05) is 43.3 Å². The van der Waals surface area contributed by atoms with Gasteiger partial charge in [0.25, 0.3) is 0 Å². The van der Waals surface area contributed by atoms with Gasteiger partial charge in [0.15, 0.2) is 11.5 Å². The van der Waals surface area contributed by atoms with Crippen LogP contribution in [0.2, 0.25) is 0 Å². The summed E-state index contributed by atoms with van der Waals surface area (Å²) in [5.41, 5.74) is 1.74. The van der Waals surface area contributed by atoms with Crippen LogP contribution in [0.4, 0.5) is 0 Å². The first-order chi connectivity index (χ1) is 11.7. The van der Waals surface area contributed by atoms with Crippen molar-refractivity contribution in [2.24, 2.45) is 0 Å². The highest BCUT2D eigenvalue weighted by Gasteiger charge is 2.11. The number of carbonyl (C=O) groups is 1.